The van der Waals surface area contributed by atoms with E-state index in [2.05, 4.69) is 15.5 Å². The van der Waals surface area contributed by atoms with Crippen molar-refractivity contribution in [1.82, 2.24) is 19.9 Å². The molecule has 1 N–H and O–H groups in total. The molecule has 0 bridgehead atoms. The third-order valence-corrected chi connectivity index (χ3v) is 4.14. The van der Waals surface area contributed by atoms with Crippen LogP contribution in [0.2, 0.25) is 0 Å². The standard InChI is InChI=1S/C17H17FN4O/c18-12-6-7-13-14(4-3-9-23-15(13)10-12)19-11-17-21-20-16-5-1-2-8-22(16)17/h1-2,5-8,10,14,19H,3-4,9,11H2/t14-/m1/s1. The van der Waals surface area contributed by atoms with Gasteiger partial charge in [-0.3, -0.25) is 4.40 Å². The number of pyridine rings is 1. The topological polar surface area (TPSA) is 51.5 Å². The number of nitrogens with zero attached hydrogens (tertiary/aromatic N) is 3. The highest BCUT2D eigenvalue weighted by molar-refractivity contribution is 5.38. The van der Waals surface area contributed by atoms with Crippen LogP contribution in [0.15, 0.2) is 42.6 Å². The lowest BCUT2D eigenvalue weighted by molar-refractivity contribution is 0.313. The minimum absolute atomic E-state index is 0.115. The monoisotopic (exact) mass is 312 g/mol. The van der Waals surface area contributed by atoms with Crippen molar-refractivity contribution in [1.29, 1.82) is 0 Å². The van der Waals surface area contributed by atoms with Crippen LogP contribution in [0, 0.1) is 5.82 Å². The zero-order valence-electron chi connectivity index (χ0n) is 12.6. The van der Waals surface area contributed by atoms with E-state index in [-0.39, 0.29) is 11.9 Å². The predicted molar refractivity (Wildman–Crippen MR) is 83.7 cm³/mol. The fraction of sp³-hybridized carbons (Fsp3) is 0.294. The van der Waals surface area contributed by atoms with Crippen molar-refractivity contribution in [3.05, 3.63) is 59.8 Å². The van der Waals surface area contributed by atoms with Gasteiger partial charge in [0.1, 0.15) is 11.6 Å². The molecular weight excluding hydrogens is 295 g/mol. The number of halogens is 1. The second-order valence-electron chi connectivity index (χ2n) is 5.65. The van der Waals surface area contributed by atoms with Crippen molar-refractivity contribution in [3.63, 3.8) is 0 Å². The summed E-state index contributed by atoms with van der Waals surface area (Å²) in [6, 6.07) is 10.7. The number of nitrogens with one attached hydrogen (secondary N) is 1. The molecule has 0 amide bonds. The van der Waals surface area contributed by atoms with E-state index in [1.807, 2.05) is 28.8 Å². The Labute approximate surface area is 133 Å². The third-order valence-electron chi connectivity index (χ3n) is 4.14. The average Bonchev–Trinajstić information content (AvgIpc) is 2.87. The molecule has 3 aromatic rings. The van der Waals surface area contributed by atoms with E-state index in [1.165, 1.54) is 12.1 Å². The Morgan fingerprint density at radius 2 is 2.22 bits per heavy atom. The SMILES string of the molecule is Fc1ccc2c(c1)OCCC[C@H]2NCc1nnc2ccccn12. The molecule has 1 aliphatic heterocycles. The summed E-state index contributed by atoms with van der Waals surface area (Å²) in [4.78, 5) is 0. The van der Waals surface area contributed by atoms with Crippen molar-refractivity contribution in [2.24, 2.45) is 0 Å². The Balaban J connectivity index is 1.57. The zero-order valence-corrected chi connectivity index (χ0v) is 12.6. The van der Waals surface area contributed by atoms with E-state index in [1.54, 1.807) is 6.07 Å². The van der Waals surface area contributed by atoms with Gasteiger partial charge in [0.25, 0.3) is 0 Å². The van der Waals surface area contributed by atoms with E-state index >= 15 is 0 Å². The molecule has 4 rings (SSSR count). The molecule has 0 saturated carbocycles. The number of aromatic nitrogens is 3. The first-order valence-electron chi connectivity index (χ1n) is 7.75. The van der Waals surface area contributed by atoms with Crippen molar-refractivity contribution < 1.29 is 9.13 Å². The number of fused-ring (bicyclic) bond motifs is 2. The fourth-order valence-electron chi connectivity index (χ4n) is 2.98. The smallest absolute Gasteiger partial charge is 0.160 e. The first-order chi connectivity index (χ1) is 11.3. The second kappa shape index (κ2) is 5.96. The van der Waals surface area contributed by atoms with Gasteiger partial charge in [-0.15, -0.1) is 10.2 Å². The molecule has 118 valence electrons. The molecule has 6 heteroatoms. The number of benzene rings is 1. The normalized spacial score (nSPS) is 17.5. The molecular formula is C17H17FN4O. The highest BCUT2D eigenvalue weighted by Gasteiger charge is 2.20. The Morgan fingerprint density at radius 3 is 3.17 bits per heavy atom. The fourth-order valence-corrected chi connectivity index (χ4v) is 2.98. The molecule has 1 aliphatic rings. The van der Waals surface area contributed by atoms with E-state index < -0.39 is 0 Å². The minimum atomic E-state index is -0.271. The summed E-state index contributed by atoms with van der Waals surface area (Å²) in [7, 11) is 0. The summed E-state index contributed by atoms with van der Waals surface area (Å²) >= 11 is 0. The van der Waals surface area contributed by atoms with Gasteiger partial charge in [0, 0.05) is 23.9 Å². The summed E-state index contributed by atoms with van der Waals surface area (Å²) in [5, 5.41) is 11.9. The van der Waals surface area contributed by atoms with Gasteiger partial charge in [-0.25, -0.2) is 4.39 Å². The molecule has 0 unspecified atom stereocenters. The summed E-state index contributed by atoms with van der Waals surface area (Å²) in [6.45, 7) is 1.20. The molecule has 1 aromatic carbocycles. The van der Waals surface area contributed by atoms with E-state index in [0.717, 1.165) is 29.9 Å². The van der Waals surface area contributed by atoms with Gasteiger partial charge >= 0.3 is 0 Å². The van der Waals surface area contributed by atoms with Gasteiger partial charge in [-0.05, 0) is 31.0 Å². The number of hydrogen-bond acceptors (Lipinski definition) is 4. The lowest BCUT2D eigenvalue weighted by atomic mass is 10.0. The van der Waals surface area contributed by atoms with Crippen LogP contribution in [0.3, 0.4) is 0 Å². The van der Waals surface area contributed by atoms with Crippen LogP contribution < -0.4 is 10.1 Å². The molecule has 0 fully saturated rings. The van der Waals surface area contributed by atoms with Crippen LogP contribution in [0.4, 0.5) is 4.39 Å². The molecule has 23 heavy (non-hydrogen) atoms. The van der Waals surface area contributed by atoms with Crippen LogP contribution in [0.1, 0.15) is 30.3 Å². The maximum absolute atomic E-state index is 13.4. The Hall–Kier alpha value is -2.47. The highest BCUT2D eigenvalue weighted by Crippen LogP contribution is 2.32. The van der Waals surface area contributed by atoms with Gasteiger partial charge in [-0.1, -0.05) is 12.1 Å². The van der Waals surface area contributed by atoms with E-state index in [0.29, 0.717) is 18.9 Å². The van der Waals surface area contributed by atoms with Crippen LogP contribution in [-0.4, -0.2) is 21.2 Å². The molecule has 0 aliphatic carbocycles. The molecule has 0 saturated heterocycles. The molecule has 1 atom stereocenters. The minimum Gasteiger partial charge on any atom is -0.493 e. The molecule has 0 radical (unpaired) electrons. The highest BCUT2D eigenvalue weighted by atomic mass is 19.1. The Morgan fingerprint density at radius 1 is 1.26 bits per heavy atom. The zero-order chi connectivity index (χ0) is 15.6. The average molecular weight is 312 g/mol. The third kappa shape index (κ3) is 2.77. The predicted octanol–water partition coefficient (Wildman–Crippen LogP) is 2.87. The summed E-state index contributed by atoms with van der Waals surface area (Å²) < 4.78 is 21.0. The van der Waals surface area contributed by atoms with Crippen LogP contribution in [0.25, 0.3) is 5.65 Å². The van der Waals surface area contributed by atoms with Gasteiger partial charge in [0.2, 0.25) is 0 Å². The van der Waals surface area contributed by atoms with Crippen LogP contribution in [-0.2, 0) is 6.54 Å². The van der Waals surface area contributed by atoms with E-state index in [4.69, 9.17) is 4.74 Å². The molecule has 5 nitrogen and oxygen atoms in total. The first kappa shape index (κ1) is 14.1. The summed E-state index contributed by atoms with van der Waals surface area (Å²) in [6.07, 6.45) is 3.82. The van der Waals surface area contributed by atoms with E-state index in [9.17, 15) is 4.39 Å². The van der Waals surface area contributed by atoms with Gasteiger partial charge in [-0.2, -0.15) is 0 Å². The Bertz CT molecular complexity index is 832. The van der Waals surface area contributed by atoms with Gasteiger partial charge < -0.3 is 10.1 Å². The Kier molecular flexibility index (Phi) is 3.67. The van der Waals surface area contributed by atoms with Crippen molar-refractivity contribution in [2.75, 3.05) is 6.61 Å². The largest absolute Gasteiger partial charge is 0.493 e. The molecule has 2 aromatic heterocycles. The van der Waals surface area contributed by atoms with Crippen LogP contribution in [0.5, 0.6) is 5.75 Å². The van der Waals surface area contributed by atoms with Gasteiger partial charge in [0.15, 0.2) is 11.5 Å². The number of ether oxygens (including phenoxy) is 1. The van der Waals surface area contributed by atoms with Crippen molar-refractivity contribution >= 4 is 5.65 Å². The van der Waals surface area contributed by atoms with Gasteiger partial charge in [0.05, 0.1) is 13.2 Å². The maximum Gasteiger partial charge on any atom is 0.160 e. The second-order valence-corrected chi connectivity index (χ2v) is 5.65. The van der Waals surface area contributed by atoms with Crippen molar-refractivity contribution in [2.45, 2.75) is 25.4 Å². The lowest BCUT2D eigenvalue weighted by Crippen LogP contribution is -2.22. The summed E-state index contributed by atoms with van der Waals surface area (Å²) in [5.41, 5.74) is 1.83. The maximum atomic E-state index is 13.4. The van der Waals surface area contributed by atoms with Crippen LogP contribution >= 0.6 is 0 Å². The number of rotatable bonds is 3. The lowest BCUT2D eigenvalue weighted by Gasteiger charge is -2.18. The molecule has 0 spiro atoms. The number of hydrogen-bond donors (Lipinski definition) is 1. The first-order valence-corrected chi connectivity index (χ1v) is 7.75. The summed E-state index contributed by atoms with van der Waals surface area (Å²) in [5.74, 6) is 1.22. The van der Waals surface area contributed by atoms with Crippen molar-refractivity contribution in [3.8, 4) is 5.75 Å². The quantitative estimate of drug-likeness (QED) is 0.808. The molecule has 3 heterocycles.